The number of rotatable bonds is 9. The van der Waals surface area contributed by atoms with Crippen LogP contribution in [0, 0.1) is 18.3 Å². The van der Waals surface area contributed by atoms with E-state index in [0.717, 1.165) is 44.1 Å². The summed E-state index contributed by atoms with van der Waals surface area (Å²) in [4.78, 5) is 6.16. The molecule has 1 aromatic carbocycles. The van der Waals surface area contributed by atoms with Gasteiger partial charge in [0.2, 0.25) is 0 Å². The van der Waals surface area contributed by atoms with E-state index >= 15 is 0 Å². The van der Waals surface area contributed by atoms with Gasteiger partial charge in [0.1, 0.15) is 23.2 Å². The van der Waals surface area contributed by atoms with Crippen LogP contribution in [0.5, 0.6) is 0 Å². The number of imidazole rings is 1. The van der Waals surface area contributed by atoms with Crippen LogP contribution in [0.2, 0.25) is 0 Å². The molecule has 2 aromatic rings. The Balaban J connectivity index is 1.89. The Kier molecular flexibility index (Phi) is 6.67. The Morgan fingerprint density at radius 2 is 2.18 bits per heavy atom. The number of nitrogens with two attached hydrogens (primary N) is 1. The first-order valence-electron chi connectivity index (χ1n) is 9.98. The molecule has 2 heterocycles. The zero-order chi connectivity index (χ0) is 20.3. The first kappa shape index (κ1) is 20.7. The molecule has 0 radical (unpaired) electrons. The van der Waals surface area contributed by atoms with Gasteiger partial charge in [-0.05, 0) is 48.6 Å². The Morgan fingerprint density at radius 1 is 1.39 bits per heavy atom. The van der Waals surface area contributed by atoms with Crippen LogP contribution >= 0.6 is 11.8 Å². The molecule has 0 aliphatic carbocycles. The number of anilines is 1. The van der Waals surface area contributed by atoms with Crippen LogP contribution in [-0.4, -0.2) is 41.3 Å². The van der Waals surface area contributed by atoms with Gasteiger partial charge in [0.25, 0.3) is 0 Å². The van der Waals surface area contributed by atoms with Crippen LogP contribution in [0.1, 0.15) is 42.1 Å². The van der Waals surface area contributed by atoms with Gasteiger partial charge in [-0.15, -0.1) is 11.8 Å². The molecule has 5 N–H and O–H groups in total. The van der Waals surface area contributed by atoms with Gasteiger partial charge in [-0.1, -0.05) is 19.9 Å². The number of nitrogens with one attached hydrogen (secondary N) is 3. The molecule has 0 unspecified atom stereocenters. The fourth-order valence-corrected chi connectivity index (χ4v) is 4.78. The van der Waals surface area contributed by atoms with Gasteiger partial charge in [0.05, 0.1) is 0 Å². The van der Waals surface area contributed by atoms with Gasteiger partial charge >= 0.3 is 0 Å². The average Bonchev–Trinajstić information content (AvgIpc) is 3.22. The number of nitrogen functional groups attached to an aromatic ring is 1. The van der Waals surface area contributed by atoms with Crippen LogP contribution in [0.4, 0.5) is 5.82 Å². The third-order valence-corrected chi connectivity index (χ3v) is 6.20. The van der Waals surface area contributed by atoms with E-state index in [4.69, 9.17) is 16.1 Å². The van der Waals surface area contributed by atoms with Gasteiger partial charge in [-0.2, -0.15) is 0 Å². The highest BCUT2D eigenvalue weighted by Crippen LogP contribution is 2.34. The molecule has 1 aliphatic heterocycles. The molecule has 1 aliphatic rings. The summed E-state index contributed by atoms with van der Waals surface area (Å²) in [7, 11) is 1.86. The van der Waals surface area contributed by atoms with Crippen LogP contribution in [0.3, 0.4) is 0 Å². The van der Waals surface area contributed by atoms with E-state index in [9.17, 15) is 0 Å². The third-order valence-electron chi connectivity index (χ3n) is 5.10. The number of nitrogens with zero attached hydrogens (tertiary/aromatic N) is 2. The fourth-order valence-electron chi connectivity index (χ4n) is 3.64. The second-order valence-electron chi connectivity index (χ2n) is 7.80. The lowest BCUT2D eigenvalue weighted by Gasteiger charge is -2.15. The topological polar surface area (TPSA) is 91.8 Å². The second kappa shape index (κ2) is 9.01. The van der Waals surface area contributed by atoms with Crippen LogP contribution in [-0.2, 0) is 19.4 Å². The van der Waals surface area contributed by atoms with E-state index in [1.165, 1.54) is 27.3 Å². The largest absolute Gasteiger partial charge is 0.382 e. The summed E-state index contributed by atoms with van der Waals surface area (Å²) in [5.41, 5.74) is 10.4. The number of fused-ring (bicyclic) bond motifs is 1. The quantitative estimate of drug-likeness (QED) is 0.295. The van der Waals surface area contributed by atoms with E-state index in [-0.39, 0.29) is 5.84 Å². The van der Waals surface area contributed by atoms with E-state index in [1.54, 1.807) is 0 Å². The van der Waals surface area contributed by atoms with Crippen molar-refractivity contribution in [3.05, 3.63) is 40.3 Å². The molecule has 0 bridgehead atoms. The summed E-state index contributed by atoms with van der Waals surface area (Å²) in [6.07, 6.45) is 1.89. The zero-order valence-corrected chi connectivity index (χ0v) is 18.2. The molecular formula is C21H32N6S. The molecule has 7 heteroatoms. The maximum absolute atomic E-state index is 7.92. The Labute approximate surface area is 172 Å². The lowest BCUT2D eigenvalue weighted by molar-refractivity contribution is 0.521. The molecule has 152 valence electrons. The zero-order valence-electron chi connectivity index (χ0n) is 17.4. The molecule has 28 heavy (non-hydrogen) atoms. The predicted molar refractivity (Wildman–Crippen MR) is 119 cm³/mol. The van der Waals surface area contributed by atoms with Crippen molar-refractivity contribution in [1.82, 2.24) is 14.9 Å². The third kappa shape index (κ3) is 4.52. The molecule has 3 rings (SSSR count). The summed E-state index contributed by atoms with van der Waals surface area (Å²) >= 11 is 1.95. The smallest absolute Gasteiger partial charge is 0.147 e. The predicted octanol–water partition coefficient (Wildman–Crippen LogP) is 3.00. The summed E-state index contributed by atoms with van der Waals surface area (Å²) in [5.74, 6) is 3.57. The SMILES string of the molecule is CNc1c(C(=N)N)nc(Cc2cc3c(cc2C)SCC3)n1CCNCC(C)C. The molecule has 0 saturated heterocycles. The number of hydrogen-bond donors (Lipinski definition) is 4. The number of amidine groups is 1. The number of thioether (sulfide) groups is 1. The minimum atomic E-state index is 0.00145. The average molecular weight is 401 g/mol. The molecule has 0 spiro atoms. The highest BCUT2D eigenvalue weighted by Gasteiger charge is 2.20. The number of aromatic nitrogens is 2. The lowest BCUT2D eigenvalue weighted by Crippen LogP contribution is -2.25. The van der Waals surface area contributed by atoms with Crippen LogP contribution in [0.25, 0.3) is 0 Å². The highest BCUT2D eigenvalue weighted by molar-refractivity contribution is 7.99. The van der Waals surface area contributed by atoms with Crippen molar-refractivity contribution in [3.8, 4) is 0 Å². The molecule has 0 saturated carbocycles. The fraction of sp³-hybridized carbons (Fsp3) is 0.524. The first-order chi connectivity index (χ1) is 13.4. The van der Waals surface area contributed by atoms with Crippen LogP contribution < -0.4 is 16.4 Å². The molecule has 0 fully saturated rings. The van der Waals surface area contributed by atoms with Crippen molar-refractivity contribution >= 4 is 23.4 Å². The van der Waals surface area contributed by atoms with Gasteiger partial charge in [-0.3, -0.25) is 5.41 Å². The van der Waals surface area contributed by atoms with E-state index in [2.05, 4.69) is 48.1 Å². The van der Waals surface area contributed by atoms with Crippen molar-refractivity contribution < 1.29 is 0 Å². The summed E-state index contributed by atoms with van der Waals surface area (Å²) < 4.78 is 2.17. The normalized spacial score (nSPS) is 13.2. The summed E-state index contributed by atoms with van der Waals surface area (Å²) in [6, 6.07) is 4.65. The molecule has 1 aromatic heterocycles. The van der Waals surface area contributed by atoms with E-state index in [1.807, 2.05) is 18.8 Å². The Hall–Kier alpha value is -1.99. The van der Waals surface area contributed by atoms with Crippen molar-refractivity contribution in [2.75, 3.05) is 31.2 Å². The standard InChI is InChI=1S/C21H32N6S/c1-13(2)12-25-6-7-27-18(26-19(20(22)23)21(27)24-4)11-16-10-15-5-8-28-17(15)9-14(16)3/h9-10,13,24-25H,5-8,11-12H2,1-4H3,(H3,22,23). The summed E-state index contributed by atoms with van der Waals surface area (Å²) in [5, 5.41) is 14.6. The van der Waals surface area contributed by atoms with Gasteiger partial charge < -0.3 is 20.9 Å². The summed E-state index contributed by atoms with van der Waals surface area (Å²) in [6.45, 7) is 9.22. The number of hydrogen-bond acceptors (Lipinski definition) is 5. The molecular weight excluding hydrogens is 368 g/mol. The maximum atomic E-state index is 7.92. The number of benzene rings is 1. The molecule has 0 atom stereocenters. The molecule has 6 nitrogen and oxygen atoms in total. The number of aryl methyl sites for hydroxylation is 2. The minimum absolute atomic E-state index is 0.00145. The van der Waals surface area contributed by atoms with Gasteiger partial charge in [-0.25, -0.2) is 4.98 Å². The van der Waals surface area contributed by atoms with Crippen molar-refractivity contribution in [3.63, 3.8) is 0 Å². The Bertz CT molecular complexity index is 855. The van der Waals surface area contributed by atoms with Crippen molar-refractivity contribution in [2.45, 2.75) is 45.1 Å². The van der Waals surface area contributed by atoms with Gasteiger partial charge in [0.15, 0.2) is 0 Å². The molecule has 0 amide bonds. The monoisotopic (exact) mass is 400 g/mol. The Morgan fingerprint density at radius 3 is 2.86 bits per heavy atom. The van der Waals surface area contributed by atoms with E-state index < -0.39 is 0 Å². The van der Waals surface area contributed by atoms with Crippen molar-refractivity contribution in [1.29, 1.82) is 5.41 Å². The van der Waals surface area contributed by atoms with Gasteiger partial charge in [0, 0.05) is 37.2 Å². The highest BCUT2D eigenvalue weighted by atomic mass is 32.2. The first-order valence-corrected chi connectivity index (χ1v) is 11.0. The van der Waals surface area contributed by atoms with Crippen LogP contribution in [0.15, 0.2) is 17.0 Å². The van der Waals surface area contributed by atoms with Crippen molar-refractivity contribution in [2.24, 2.45) is 11.7 Å². The lowest BCUT2D eigenvalue weighted by atomic mass is 10.0. The van der Waals surface area contributed by atoms with E-state index in [0.29, 0.717) is 11.6 Å². The second-order valence-corrected chi connectivity index (χ2v) is 8.94. The maximum Gasteiger partial charge on any atom is 0.147 e. The minimum Gasteiger partial charge on any atom is -0.382 e.